The molecule has 1 aromatic heterocycles. The molecule has 0 atom stereocenters. The lowest BCUT2D eigenvalue weighted by Crippen LogP contribution is -2.24. The molecule has 3 aromatic rings. The highest BCUT2D eigenvalue weighted by molar-refractivity contribution is 7.89. The minimum absolute atomic E-state index is 0.00114. The third-order valence-corrected chi connectivity index (χ3v) is 6.25. The summed E-state index contributed by atoms with van der Waals surface area (Å²) in [6.07, 6.45) is 0.0491. The van der Waals surface area contributed by atoms with Crippen LogP contribution in [-0.4, -0.2) is 31.8 Å². The molecule has 0 saturated carbocycles. The van der Waals surface area contributed by atoms with Crippen LogP contribution in [0.1, 0.15) is 23.7 Å². The fourth-order valence-corrected chi connectivity index (χ4v) is 4.38. The van der Waals surface area contributed by atoms with Crippen molar-refractivity contribution in [1.29, 1.82) is 5.26 Å². The number of nitriles is 1. The number of hydrogen-bond acceptors (Lipinski definition) is 8. The van der Waals surface area contributed by atoms with Crippen LogP contribution in [0.3, 0.4) is 0 Å². The van der Waals surface area contributed by atoms with E-state index in [1.54, 1.807) is 17.6 Å². The highest BCUT2D eigenvalue weighted by atomic mass is 32.2. The zero-order chi connectivity index (χ0) is 21.7. The van der Waals surface area contributed by atoms with E-state index in [0.29, 0.717) is 15.9 Å². The number of aromatic nitrogens is 1. The monoisotopic (exact) mass is 444 g/mol. The molecule has 1 heterocycles. The number of carbonyl (C=O) groups is 2. The molecule has 0 aliphatic carbocycles. The molecule has 0 saturated heterocycles. The molecule has 2 N–H and O–H groups in total. The van der Waals surface area contributed by atoms with Gasteiger partial charge in [-0.3, -0.25) is 9.59 Å². The number of nitrogens with zero attached hydrogens (tertiary/aromatic N) is 2. The minimum atomic E-state index is -3.77. The summed E-state index contributed by atoms with van der Waals surface area (Å²) in [5, 5.41) is 11.2. The van der Waals surface area contributed by atoms with Crippen molar-refractivity contribution in [2.45, 2.75) is 18.2 Å². The van der Waals surface area contributed by atoms with Crippen molar-refractivity contribution < 1.29 is 22.7 Å². The van der Waals surface area contributed by atoms with Gasteiger partial charge in [0, 0.05) is 25.5 Å². The lowest BCUT2D eigenvalue weighted by Gasteiger charge is -2.12. The van der Waals surface area contributed by atoms with Crippen LogP contribution in [0.2, 0.25) is 0 Å². The van der Waals surface area contributed by atoms with E-state index in [1.807, 2.05) is 6.07 Å². The number of sulfonamides is 1. The van der Waals surface area contributed by atoms with Crippen LogP contribution in [0.4, 0.5) is 5.69 Å². The van der Waals surface area contributed by atoms with Gasteiger partial charge in [-0.25, -0.2) is 18.1 Å². The molecule has 3 rings (SSSR count). The number of rotatable bonds is 7. The van der Waals surface area contributed by atoms with Crippen molar-refractivity contribution in [3.8, 4) is 11.8 Å². The highest BCUT2D eigenvalue weighted by Crippen LogP contribution is 2.36. The SMILES string of the molecule is CC(=O)Oc1ccc2ncsc2c1NC(=O)c1ccc(S(=O)(=O)NCCC#N)cc1. The number of fused-ring (bicyclic) bond motifs is 1. The molecule has 0 aliphatic heterocycles. The molecule has 154 valence electrons. The largest absolute Gasteiger partial charge is 0.424 e. The van der Waals surface area contributed by atoms with E-state index >= 15 is 0 Å². The van der Waals surface area contributed by atoms with Crippen molar-refractivity contribution in [2.24, 2.45) is 0 Å². The molecular weight excluding hydrogens is 428 g/mol. The maximum atomic E-state index is 12.7. The Bertz CT molecular complexity index is 1240. The summed E-state index contributed by atoms with van der Waals surface area (Å²) in [6.45, 7) is 1.26. The number of anilines is 1. The number of amides is 1. The number of benzene rings is 2. The van der Waals surface area contributed by atoms with Crippen LogP contribution in [0.5, 0.6) is 5.75 Å². The van der Waals surface area contributed by atoms with Crippen molar-refractivity contribution in [1.82, 2.24) is 9.71 Å². The fourth-order valence-electron chi connectivity index (χ4n) is 2.56. The van der Waals surface area contributed by atoms with Crippen molar-refractivity contribution in [2.75, 3.05) is 11.9 Å². The van der Waals surface area contributed by atoms with Gasteiger partial charge < -0.3 is 10.1 Å². The molecule has 1 amide bonds. The molecule has 0 fully saturated rings. The first-order valence-corrected chi connectivity index (χ1v) is 11.0. The third kappa shape index (κ3) is 4.80. The number of esters is 1. The standard InChI is InChI=1S/C19H16N4O5S2/c1-12(24)28-16-8-7-15-18(29-11-21-15)17(16)23-19(25)13-3-5-14(6-4-13)30(26,27)22-10-2-9-20/h3-8,11,22H,2,10H2,1H3,(H,23,25). The number of ether oxygens (including phenoxy) is 1. The van der Waals surface area contributed by atoms with Gasteiger partial charge in [0.1, 0.15) is 5.69 Å². The van der Waals surface area contributed by atoms with Crippen LogP contribution in [0, 0.1) is 11.3 Å². The predicted molar refractivity (Wildman–Crippen MR) is 111 cm³/mol. The second kappa shape index (κ2) is 9.00. The number of hydrogen-bond donors (Lipinski definition) is 2. The fraction of sp³-hybridized carbons (Fsp3) is 0.158. The van der Waals surface area contributed by atoms with Gasteiger partial charge in [-0.1, -0.05) is 0 Å². The second-order valence-electron chi connectivity index (χ2n) is 6.02. The summed E-state index contributed by atoms with van der Waals surface area (Å²) in [6, 6.07) is 10.4. The molecule has 11 heteroatoms. The molecule has 0 aliphatic rings. The zero-order valence-corrected chi connectivity index (χ0v) is 17.3. The smallest absolute Gasteiger partial charge is 0.308 e. The maximum Gasteiger partial charge on any atom is 0.308 e. The average molecular weight is 444 g/mol. The van der Waals surface area contributed by atoms with Crippen LogP contribution in [-0.2, 0) is 14.8 Å². The Kier molecular flexibility index (Phi) is 6.41. The maximum absolute atomic E-state index is 12.7. The van der Waals surface area contributed by atoms with Crippen molar-refractivity contribution in [3.05, 3.63) is 47.5 Å². The van der Waals surface area contributed by atoms with E-state index in [9.17, 15) is 18.0 Å². The Hall–Kier alpha value is -3.33. The molecular formula is C19H16N4O5S2. The first-order valence-electron chi connectivity index (χ1n) is 8.64. The zero-order valence-electron chi connectivity index (χ0n) is 15.7. The summed E-state index contributed by atoms with van der Waals surface area (Å²) < 4.78 is 32.5. The molecule has 0 spiro atoms. The summed E-state index contributed by atoms with van der Waals surface area (Å²) in [7, 11) is -3.77. The van der Waals surface area contributed by atoms with E-state index < -0.39 is 21.9 Å². The molecule has 30 heavy (non-hydrogen) atoms. The number of carbonyl (C=O) groups excluding carboxylic acids is 2. The van der Waals surface area contributed by atoms with Gasteiger partial charge in [0.25, 0.3) is 5.91 Å². The van der Waals surface area contributed by atoms with Crippen molar-refractivity contribution in [3.63, 3.8) is 0 Å². The Balaban J connectivity index is 1.84. The highest BCUT2D eigenvalue weighted by Gasteiger charge is 2.18. The molecule has 0 bridgehead atoms. The summed E-state index contributed by atoms with van der Waals surface area (Å²) >= 11 is 1.28. The van der Waals surface area contributed by atoms with E-state index in [1.165, 1.54) is 42.5 Å². The second-order valence-corrected chi connectivity index (χ2v) is 8.64. The molecule has 2 aromatic carbocycles. The summed E-state index contributed by atoms with van der Waals surface area (Å²) in [4.78, 5) is 28.3. The summed E-state index contributed by atoms with van der Waals surface area (Å²) in [5.74, 6) is -0.855. The normalized spacial score (nSPS) is 11.1. The quantitative estimate of drug-likeness (QED) is 0.324. The molecule has 0 unspecified atom stereocenters. The summed E-state index contributed by atoms with van der Waals surface area (Å²) in [5.41, 5.74) is 2.76. The average Bonchev–Trinajstić information content (AvgIpc) is 3.18. The lowest BCUT2D eigenvalue weighted by atomic mass is 10.2. The van der Waals surface area contributed by atoms with Gasteiger partial charge >= 0.3 is 5.97 Å². The first-order chi connectivity index (χ1) is 14.3. The number of thiazole rings is 1. The Morgan fingerprint density at radius 1 is 1.20 bits per heavy atom. The Labute approximate surface area is 176 Å². The Morgan fingerprint density at radius 2 is 1.93 bits per heavy atom. The lowest BCUT2D eigenvalue weighted by molar-refractivity contribution is -0.131. The van der Waals surface area contributed by atoms with Gasteiger partial charge in [0.15, 0.2) is 5.75 Å². The minimum Gasteiger partial charge on any atom is -0.424 e. The molecule has 0 radical (unpaired) electrons. The molecule has 9 nitrogen and oxygen atoms in total. The third-order valence-electron chi connectivity index (χ3n) is 3.91. The van der Waals surface area contributed by atoms with E-state index in [0.717, 1.165) is 0 Å². The van der Waals surface area contributed by atoms with Gasteiger partial charge in [-0.05, 0) is 36.4 Å². The van der Waals surface area contributed by atoms with Crippen LogP contribution >= 0.6 is 11.3 Å². The van der Waals surface area contributed by atoms with Crippen LogP contribution < -0.4 is 14.8 Å². The predicted octanol–water partition coefficient (Wildman–Crippen LogP) is 2.67. The van der Waals surface area contributed by atoms with Gasteiger partial charge in [0.2, 0.25) is 10.0 Å². The number of nitrogens with one attached hydrogen (secondary N) is 2. The topological polar surface area (TPSA) is 138 Å². The Morgan fingerprint density at radius 3 is 2.60 bits per heavy atom. The van der Waals surface area contributed by atoms with Gasteiger partial charge in [0.05, 0.1) is 26.7 Å². The van der Waals surface area contributed by atoms with Gasteiger partial charge in [-0.15, -0.1) is 11.3 Å². The van der Waals surface area contributed by atoms with E-state index in [-0.39, 0.29) is 29.2 Å². The van der Waals surface area contributed by atoms with Crippen LogP contribution in [0.15, 0.2) is 46.8 Å². The van der Waals surface area contributed by atoms with E-state index in [2.05, 4.69) is 15.0 Å². The van der Waals surface area contributed by atoms with Crippen molar-refractivity contribution >= 4 is 49.1 Å². The van der Waals surface area contributed by atoms with E-state index in [4.69, 9.17) is 10.00 Å². The van der Waals surface area contributed by atoms with Crippen LogP contribution in [0.25, 0.3) is 10.2 Å². The van der Waals surface area contributed by atoms with Gasteiger partial charge in [-0.2, -0.15) is 5.26 Å². The first kappa shape index (κ1) is 21.4.